The third kappa shape index (κ3) is 4.05. The standard InChI is InChI=1S/C16H24N4O2S/c1-10-15(11(2)20-19-10)23-14-6-4-3-5-12(14)18-16(21)13-9-17-7-8-22-13/h3-6,10-11,13,15,17,19-20H,7-9H2,1-2H3,(H,18,21). The molecule has 1 amide bonds. The van der Waals surface area contributed by atoms with Gasteiger partial charge in [-0.15, -0.1) is 11.8 Å². The summed E-state index contributed by atoms with van der Waals surface area (Å²) in [7, 11) is 0. The monoisotopic (exact) mass is 336 g/mol. The molecule has 3 rings (SSSR count). The van der Waals surface area contributed by atoms with E-state index in [1.54, 1.807) is 11.8 Å². The van der Waals surface area contributed by atoms with Crippen LogP contribution in [0.4, 0.5) is 5.69 Å². The van der Waals surface area contributed by atoms with Crippen LogP contribution in [-0.2, 0) is 9.53 Å². The molecule has 23 heavy (non-hydrogen) atoms. The van der Waals surface area contributed by atoms with Crippen molar-refractivity contribution in [1.29, 1.82) is 0 Å². The zero-order valence-electron chi connectivity index (χ0n) is 13.5. The topological polar surface area (TPSA) is 74.4 Å². The van der Waals surface area contributed by atoms with Crippen molar-refractivity contribution in [1.82, 2.24) is 16.2 Å². The van der Waals surface area contributed by atoms with Crippen LogP contribution in [0.5, 0.6) is 0 Å². The van der Waals surface area contributed by atoms with E-state index in [0.29, 0.717) is 30.5 Å². The number of benzene rings is 1. The highest BCUT2D eigenvalue weighted by molar-refractivity contribution is 8.00. The number of morpholine rings is 1. The van der Waals surface area contributed by atoms with Gasteiger partial charge in [0.15, 0.2) is 0 Å². The number of carbonyl (C=O) groups excluding carboxylic acids is 1. The van der Waals surface area contributed by atoms with Crippen molar-refractivity contribution in [2.75, 3.05) is 25.0 Å². The summed E-state index contributed by atoms with van der Waals surface area (Å²) in [5.74, 6) is -0.0889. The Morgan fingerprint density at radius 3 is 2.70 bits per heavy atom. The molecule has 0 saturated carbocycles. The summed E-state index contributed by atoms with van der Waals surface area (Å²) < 4.78 is 5.52. The number of thioether (sulfide) groups is 1. The number of nitrogens with one attached hydrogen (secondary N) is 4. The smallest absolute Gasteiger partial charge is 0.254 e. The number of anilines is 1. The number of rotatable bonds is 4. The van der Waals surface area contributed by atoms with Crippen LogP contribution in [0.15, 0.2) is 29.2 Å². The van der Waals surface area contributed by atoms with Gasteiger partial charge < -0.3 is 15.4 Å². The van der Waals surface area contributed by atoms with E-state index in [-0.39, 0.29) is 5.91 Å². The Labute approximate surface area is 141 Å². The lowest BCUT2D eigenvalue weighted by Crippen LogP contribution is -2.45. The van der Waals surface area contributed by atoms with Crippen LogP contribution in [0.1, 0.15) is 13.8 Å². The Bertz CT molecular complexity index is 541. The number of hydrogen-bond donors (Lipinski definition) is 4. The second-order valence-corrected chi connectivity index (χ2v) is 7.22. The molecule has 0 aromatic heterocycles. The van der Waals surface area contributed by atoms with Gasteiger partial charge in [0.25, 0.3) is 5.91 Å². The SMILES string of the molecule is CC1NNC(C)C1Sc1ccccc1NC(=O)C1CNCCO1. The van der Waals surface area contributed by atoms with Gasteiger partial charge in [0.2, 0.25) is 0 Å². The maximum Gasteiger partial charge on any atom is 0.254 e. The first kappa shape index (κ1) is 16.7. The zero-order valence-corrected chi connectivity index (χ0v) is 14.3. The van der Waals surface area contributed by atoms with E-state index in [9.17, 15) is 4.79 Å². The van der Waals surface area contributed by atoms with E-state index in [4.69, 9.17) is 4.74 Å². The zero-order chi connectivity index (χ0) is 16.2. The number of ether oxygens (including phenoxy) is 1. The highest BCUT2D eigenvalue weighted by Crippen LogP contribution is 2.34. The lowest BCUT2D eigenvalue weighted by Gasteiger charge is -2.24. The van der Waals surface area contributed by atoms with Crippen LogP contribution >= 0.6 is 11.8 Å². The molecule has 3 unspecified atom stereocenters. The van der Waals surface area contributed by atoms with Crippen molar-refractivity contribution in [2.45, 2.75) is 42.2 Å². The molecule has 126 valence electrons. The van der Waals surface area contributed by atoms with Crippen LogP contribution < -0.4 is 21.5 Å². The maximum absolute atomic E-state index is 12.4. The van der Waals surface area contributed by atoms with Crippen LogP contribution in [0.2, 0.25) is 0 Å². The van der Waals surface area contributed by atoms with E-state index in [1.807, 2.05) is 18.2 Å². The summed E-state index contributed by atoms with van der Waals surface area (Å²) in [6.07, 6.45) is -0.422. The first-order valence-electron chi connectivity index (χ1n) is 8.05. The minimum absolute atomic E-state index is 0.0889. The molecule has 2 fully saturated rings. The molecule has 2 heterocycles. The predicted octanol–water partition coefficient (Wildman–Crippen LogP) is 0.959. The Hall–Kier alpha value is -1.12. The van der Waals surface area contributed by atoms with Gasteiger partial charge in [0.1, 0.15) is 6.10 Å². The molecule has 0 spiro atoms. The van der Waals surface area contributed by atoms with Crippen molar-refractivity contribution in [3.63, 3.8) is 0 Å². The number of carbonyl (C=O) groups is 1. The van der Waals surface area contributed by atoms with Crippen molar-refractivity contribution in [2.24, 2.45) is 0 Å². The van der Waals surface area contributed by atoms with E-state index in [1.165, 1.54) is 0 Å². The summed E-state index contributed by atoms with van der Waals surface area (Å²) in [6.45, 7) is 6.26. The first-order chi connectivity index (χ1) is 11.1. The second-order valence-electron chi connectivity index (χ2n) is 6.00. The molecule has 0 radical (unpaired) electrons. The van der Waals surface area contributed by atoms with Gasteiger partial charge in [0, 0.05) is 35.3 Å². The van der Waals surface area contributed by atoms with Crippen LogP contribution in [0, 0.1) is 0 Å². The van der Waals surface area contributed by atoms with Gasteiger partial charge in [-0.2, -0.15) is 0 Å². The van der Waals surface area contributed by atoms with Gasteiger partial charge in [-0.25, -0.2) is 0 Å². The van der Waals surface area contributed by atoms with Crippen molar-refractivity contribution >= 4 is 23.4 Å². The fourth-order valence-electron chi connectivity index (χ4n) is 2.83. The average molecular weight is 336 g/mol. The Morgan fingerprint density at radius 2 is 2.00 bits per heavy atom. The molecule has 0 aliphatic carbocycles. The Morgan fingerprint density at radius 1 is 1.26 bits per heavy atom. The average Bonchev–Trinajstić information content (AvgIpc) is 2.89. The highest BCUT2D eigenvalue weighted by atomic mass is 32.2. The summed E-state index contributed by atoms with van der Waals surface area (Å²) in [5.41, 5.74) is 7.38. The molecule has 6 nitrogen and oxygen atoms in total. The molecule has 4 N–H and O–H groups in total. The molecule has 7 heteroatoms. The molecule has 1 aromatic rings. The molecule has 2 saturated heterocycles. The molecule has 2 aliphatic heterocycles. The summed E-state index contributed by atoms with van der Waals surface area (Å²) in [4.78, 5) is 13.5. The Kier molecular flexibility index (Phi) is 5.55. The van der Waals surface area contributed by atoms with E-state index in [0.717, 1.165) is 17.1 Å². The lowest BCUT2D eigenvalue weighted by molar-refractivity contribution is -0.128. The highest BCUT2D eigenvalue weighted by Gasteiger charge is 2.31. The first-order valence-corrected chi connectivity index (χ1v) is 8.93. The molecule has 0 bridgehead atoms. The molecular formula is C16H24N4O2S. The quantitative estimate of drug-likeness (QED) is 0.656. The number of hydrazine groups is 1. The molecule has 2 aliphatic rings. The third-order valence-corrected chi connectivity index (χ3v) is 5.85. The van der Waals surface area contributed by atoms with Crippen molar-refractivity contribution < 1.29 is 9.53 Å². The molecular weight excluding hydrogens is 312 g/mol. The van der Waals surface area contributed by atoms with E-state index < -0.39 is 6.10 Å². The normalized spacial score (nSPS) is 31.0. The van der Waals surface area contributed by atoms with Crippen molar-refractivity contribution in [3.8, 4) is 0 Å². The van der Waals surface area contributed by atoms with Crippen LogP contribution in [-0.4, -0.2) is 49.0 Å². The fraction of sp³-hybridized carbons (Fsp3) is 0.562. The molecule has 1 aromatic carbocycles. The second kappa shape index (κ2) is 7.63. The van der Waals surface area contributed by atoms with Crippen LogP contribution in [0.25, 0.3) is 0 Å². The van der Waals surface area contributed by atoms with Crippen LogP contribution in [0.3, 0.4) is 0 Å². The van der Waals surface area contributed by atoms with Gasteiger partial charge in [0.05, 0.1) is 12.3 Å². The Balaban J connectivity index is 1.69. The van der Waals surface area contributed by atoms with E-state index >= 15 is 0 Å². The summed E-state index contributed by atoms with van der Waals surface area (Å²) in [5, 5.41) is 6.60. The largest absolute Gasteiger partial charge is 0.366 e. The summed E-state index contributed by atoms with van der Waals surface area (Å²) >= 11 is 1.79. The van der Waals surface area contributed by atoms with Gasteiger partial charge in [-0.05, 0) is 26.0 Å². The predicted molar refractivity (Wildman–Crippen MR) is 92.5 cm³/mol. The maximum atomic E-state index is 12.4. The third-order valence-electron chi connectivity index (χ3n) is 4.15. The van der Waals surface area contributed by atoms with E-state index in [2.05, 4.69) is 41.4 Å². The number of para-hydroxylation sites is 1. The summed E-state index contributed by atoms with van der Waals surface area (Å²) in [6, 6.07) is 8.67. The van der Waals surface area contributed by atoms with Gasteiger partial charge in [-0.3, -0.25) is 15.6 Å². The lowest BCUT2D eigenvalue weighted by atomic mass is 10.2. The van der Waals surface area contributed by atoms with Gasteiger partial charge >= 0.3 is 0 Å². The minimum Gasteiger partial charge on any atom is -0.366 e. The van der Waals surface area contributed by atoms with Gasteiger partial charge in [-0.1, -0.05) is 12.1 Å². The molecule has 3 atom stereocenters. The minimum atomic E-state index is -0.422. The number of amides is 1. The number of hydrogen-bond acceptors (Lipinski definition) is 6. The van der Waals surface area contributed by atoms with Crippen molar-refractivity contribution in [3.05, 3.63) is 24.3 Å². The fourth-order valence-corrected chi connectivity index (χ4v) is 4.07.